The maximum Gasteiger partial charge on any atom is 0.0473 e. The van der Waals surface area contributed by atoms with Crippen LogP contribution in [-0.4, -0.2) is 0 Å². The van der Waals surface area contributed by atoms with E-state index in [0.29, 0.717) is 0 Å². The van der Waals surface area contributed by atoms with Crippen molar-refractivity contribution >= 4 is 23.2 Å². The first-order valence-electron chi connectivity index (χ1n) is 4.44. The Kier molecular flexibility index (Phi) is 3.26. The fraction of sp³-hybridized carbons (Fsp3) is 0.455. The Hall–Kier alpha value is -0.200. The molecule has 0 nitrogen and oxygen atoms in total. The van der Waals surface area contributed by atoms with Crippen LogP contribution in [0.2, 0.25) is 10.0 Å². The molecule has 0 spiro atoms. The zero-order valence-electron chi connectivity index (χ0n) is 8.46. The SMILES string of the molecule is CCc1c(C)c(Cl)c(C)c(C)c1Cl. The molecule has 0 aromatic heterocycles. The fourth-order valence-electron chi connectivity index (χ4n) is 1.55. The van der Waals surface area contributed by atoms with Gasteiger partial charge in [0.2, 0.25) is 0 Å². The lowest BCUT2D eigenvalue weighted by atomic mass is 9.99. The molecule has 0 atom stereocenters. The Bertz CT molecular complexity index is 311. The highest BCUT2D eigenvalue weighted by Crippen LogP contribution is 2.33. The van der Waals surface area contributed by atoms with Crippen LogP contribution in [0.25, 0.3) is 0 Å². The van der Waals surface area contributed by atoms with Crippen molar-refractivity contribution in [3.63, 3.8) is 0 Å². The zero-order chi connectivity index (χ0) is 10.2. The third-order valence-corrected chi connectivity index (χ3v) is 3.70. The summed E-state index contributed by atoms with van der Waals surface area (Å²) in [4.78, 5) is 0. The average molecular weight is 217 g/mol. The molecule has 0 unspecified atom stereocenters. The van der Waals surface area contributed by atoms with Crippen LogP contribution in [0.4, 0.5) is 0 Å². The lowest BCUT2D eigenvalue weighted by Gasteiger charge is -2.14. The van der Waals surface area contributed by atoms with Gasteiger partial charge in [-0.3, -0.25) is 0 Å². The van der Waals surface area contributed by atoms with Crippen molar-refractivity contribution in [3.05, 3.63) is 32.3 Å². The van der Waals surface area contributed by atoms with Crippen molar-refractivity contribution < 1.29 is 0 Å². The van der Waals surface area contributed by atoms with E-state index >= 15 is 0 Å². The van der Waals surface area contributed by atoms with E-state index in [1.54, 1.807) is 0 Å². The second kappa shape index (κ2) is 3.89. The van der Waals surface area contributed by atoms with Crippen LogP contribution in [0.1, 0.15) is 29.2 Å². The van der Waals surface area contributed by atoms with Crippen molar-refractivity contribution in [3.8, 4) is 0 Å². The molecule has 72 valence electrons. The molecule has 1 aromatic carbocycles. The summed E-state index contributed by atoms with van der Waals surface area (Å²) in [6.07, 6.45) is 0.936. The van der Waals surface area contributed by atoms with Crippen molar-refractivity contribution in [1.29, 1.82) is 0 Å². The van der Waals surface area contributed by atoms with Crippen LogP contribution in [0.3, 0.4) is 0 Å². The van der Waals surface area contributed by atoms with Gasteiger partial charge in [-0.05, 0) is 49.4 Å². The van der Waals surface area contributed by atoms with E-state index in [1.807, 2.05) is 20.8 Å². The van der Waals surface area contributed by atoms with Crippen LogP contribution in [0.15, 0.2) is 0 Å². The van der Waals surface area contributed by atoms with Gasteiger partial charge in [0.25, 0.3) is 0 Å². The minimum atomic E-state index is 0.860. The maximum atomic E-state index is 6.22. The van der Waals surface area contributed by atoms with E-state index in [1.165, 1.54) is 5.56 Å². The highest BCUT2D eigenvalue weighted by Gasteiger charge is 2.12. The molecule has 0 amide bonds. The van der Waals surface area contributed by atoms with Gasteiger partial charge in [-0.2, -0.15) is 0 Å². The molecule has 0 N–H and O–H groups in total. The predicted molar refractivity (Wildman–Crippen MR) is 60.1 cm³/mol. The van der Waals surface area contributed by atoms with Crippen LogP contribution >= 0.6 is 23.2 Å². The molecule has 0 aliphatic rings. The van der Waals surface area contributed by atoms with E-state index in [9.17, 15) is 0 Å². The first kappa shape index (κ1) is 10.9. The predicted octanol–water partition coefficient (Wildman–Crippen LogP) is 4.48. The summed E-state index contributed by atoms with van der Waals surface area (Å²) in [7, 11) is 0. The standard InChI is InChI=1S/C11H14Cl2/c1-5-9-8(4)10(12)6(2)7(3)11(9)13/h5H2,1-4H3. The first-order chi connectivity index (χ1) is 6.00. The molecule has 1 rings (SSSR count). The van der Waals surface area contributed by atoms with Crippen LogP contribution in [-0.2, 0) is 6.42 Å². The van der Waals surface area contributed by atoms with Crippen LogP contribution in [0.5, 0.6) is 0 Å². The number of hydrogen-bond donors (Lipinski definition) is 0. The Labute approximate surface area is 89.9 Å². The summed E-state index contributed by atoms with van der Waals surface area (Å²) < 4.78 is 0. The van der Waals surface area contributed by atoms with E-state index in [-0.39, 0.29) is 0 Å². The first-order valence-corrected chi connectivity index (χ1v) is 5.19. The van der Waals surface area contributed by atoms with Crippen LogP contribution < -0.4 is 0 Å². The molecule has 1 aromatic rings. The fourth-order valence-corrected chi connectivity index (χ4v) is 2.23. The Morgan fingerprint density at radius 1 is 0.846 bits per heavy atom. The van der Waals surface area contributed by atoms with E-state index < -0.39 is 0 Å². The van der Waals surface area contributed by atoms with Crippen molar-refractivity contribution in [1.82, 2.24) is 0 Å². The molecule has 0 fully saturated rings. The van der Waals surface area contributed by atoms with Gasteiger partial charge in [-0.1, -0.05) is 30.1 Å². The normalized spacial score (nSPS) is 10.6. The minimum absolute atomic E-state index is 0.860. The molecule has 0 aliphatic carbocycles. The molecule has 0 saturated carbocycles. The summed E-state index contributed by atoms with van der Waals surface area (Å²) in [6, 6.07) is 0. The summed E-state index contributed by atoms with van der Waals surface area (Å²) in [5, 5.41) is 1.74. The Morgan fingerprint density at radius 3 is 1.77 bits per heavy atom. The Morgan fingerprint density at radius 2 is 1.31 bits per heavy atom. The van der Waals surface area contributed by atoms with Gasteiger partial charge in [-0.15, -0.1) is 0 Å². The molecular formula is C11H14Cl2. The number of halogens is 2. The molecule has 13 heavy (non-hydrogen) atoms. The van der Waals surface area contributed by atoms with E-state index in [0.717, 1.165) is 33.2 Å². The minimum Gasteiger partial charge on any atom is -0.0837 e. The number of benzene rings is 1. The molecule has 0 saturated heterocycles. The van der Waals surface area contributed by atoms with Crippen molar-refractivity contribution in [2.24, 2.45) is 0 Å². The second-order valence-electron chi connectivity index (χ2n) is 3.34. The summed E-state index contributed by atoms with van der Waals surface area (Å²) >= 11 is 12.4. The Balaban J connectivity index is 3.56. The molecule has 0 radical (unpaired) electrons. The van der Waals surface area contributed by atoms with E-state index in [4.69, 9.17) is 23.2 Å². The number of rotatable bonds is 1. The third kappa shape index (κ3) is 1.70. The molecule has 0 heterocycles. The van der Waals surface area contributed by atoms with E-state index in [2.05, 4.69) is 6.92 Å². The zero-order valence-corrected chi connectivity index (χ0v) is 9.97. The van der Waals surface area contributed by atoms with Gasteiger partial charge in [-0.25, -0.2) is 0 Å². The monoisotopic (exact) mass is 216 g/mol. The van der Waals surface area contributed by atoms with Crippen molar-refractivity contribution in [2.75, 3.05) is 0 Å². The maximum absolute atomic E-state index is 6.22. The number of hydrogen-bond acceptors (Lipinski definition) is 0. The highest BCUT2D eigenvalue weighted by atomic mass is 35.5. The molecular weight excluding hydrogens is 203 g/mol. The highest BCUT2D eigenvalue weighted by molar-refractivity contribution is 6.35. The molecule has 0 aliphatic heterocycles. The van der Waals surface area contributed by atoms with Crippen molar-refractivity contribution in [2.45, 2.75) is 34.1 Å². The van der Waals surface area contributed by atoms with Gasteiger partial charge >= 0.3 is 0 Å². The third-order valence-electron chi connectivity index (χ3n) is 2.62. The molecule has 0 bridgehead atoms. The quantitative estimate of drug-likeness (QED) is 0.650. The largest absolute Gasteiger partial charge is 0.0837 e. The summed E-state index contributed by atoms with van der Waals surface area (Å²) in [6.45, 7) is 8.15. The lowest BCUT2D eigenvalue weighted by molar-refractivity contribution is 1.09. The average Bonchev–Trinajstić information content (AvgIpc) is 2.13. The van der Waals surface area contributed by atoms with Crippen LogP contribution in [0, 0.1) is 20.8 Å². The summed E-state index contributed by atoms with van der Waals surface area (Å²) in [5.41, 5.74) is 4.50. The second-order valence-corrected chi connectivity index (χ2v) is 4.09. The van der Waals surface area contributed by atoms with Gasteiger partial charge < -0.3 is 0 Å². The molecule has 2 heteroatoms. The summed E-state index contributed by atoms with van der Waals surface area (Å²) in [5.74, 6) is 0. The van der Waals surface area contributed by atoms with Gasteiger partial charge in [0.15, 0.2) is 0 Å². The van der Waals surface area contributed by atoms with Gasteiger partial charge in [0.1, 0.15) is 0 Å². The van der Waals surface area contributed by atoms with Gasteiger partial charge in [0, 0.05) is 10.0 Å². The topological polar surface area (TPSA) is 0 Å². The lowest BCUT2D eigenvalue weighted by Crippen LogP contribution is -1.96. The smallest absolute Gasteiger partial charge is 0.0473 e. The van der Waals surface area contributed by atoms with Gasteiger partial charge in [0.05, 0.1) is 0 Å².